The van der Waals surface area contributed by atoms with Gasteiger partial charge in [0, 0.05) is 44.2 Å². The summed E-state index contributed by atoms with van der Waals surface area (Å²) in [5.41, 5.74) is 0. The fourth-order valence-electron chi connectivity index (χ4n) is 2.48. The van der Waals surface area contributed by atoms with Gasteiger partial charge in [-0.2, -0.15) is 0 Å². The second-order valence-electron chi connectivity index (χ2n) is 5.42. The molecule has 23 heavy (non-hydrogen) atoms. The summed E-state index contributed by atoms with van der Waals surface area (Å²) in [6.07, 6.45) is 0.159. The van der Waals surface area contributed by atoms with Gasteiger partial charge in [0.2, 0.25) is 15.9 Å². The minimum atomic E-state index is -3.64. The molecule has 1 amide bonds. The summed E-state index contributed by atoms with van der Waals surface area (Å²) in [5.74, 6) is -0.0189. The maximum Gasteiger partial charge on any atom is 0.240 e. The molecule has 128 valence electrons. The number of nitrogens with zero attached hydrogens (tertiary/aromatic N) is 2. The summed E-state index contributed by atoms with van der Waals surface area (Å²) in [6, 6.07) is 6.05. The van der Waals surface area contributed by atoms with E-state index in [4.69, 9.17) is 11.6 Å². The smallest absolute Gasteiger partial charge is 0.240 e. The van der Waals surface area contributed by atoms with Crippen LogP contribution in [0.4, 0.5) is 0 Å². The molecule has 8 heteroatoms. The van der Waals surface area contributed by atoms with Crippen LogP contribution in [-0.4, -0.2) is 63.4 Å². The first-order valence-corrected chi connectivity index (χ1v) is 9.54. The zero-order valence-corrected chi connectivity index (χ0v) is 14.7. The van der Waals surface area contributed by atoms with Crippen molar-refractivity contribution in [1.29, 1.82) is 0 Å². The predicted octanol–water partition coefficient (Wildman–Crippen LogP) is 1.17. The van der Waals surface area contributed by atoms with Crippen molar-refractivity contribution in [3.05, 3.63) is 29.3 Å². The number of carbonyl (C=O) groups is 1. The number of halogens is 1. The van der Waals surface area contributed by atoms with Crippen LogP contribution in [0, 0.1) is 0 Å². The number of amides is 1. The SMILES string of the molecule is CCN1CCN(C(=O)CCNS(=O)(=O)c2cccc(Cl)c2)CC1. The van der Waals surface area contributed by atoms with Gasteiger partial charge < -0.3 is 9.80 Å². The molecule has 0 bridgehead atoms. The Kier molecular flexibility index (Phi) is 6.41. The van der Waals surface area contributed by atoms with Gasteiger partial charge in [-0.1, -0.05) is 24.6 Å². The standard InChI is InChI=1S/C15H22ClN3O3S/c1-2-18-8-10-19(11-9-18)15(20)6-7-17-23(21,22)14-5-3-4-13(16)12-14/h3-5,12,17H,2,6-11H2,1H3. The zero-order valence-electron chi connectivity index (χ0n) is 13.2. The second kappa shape index (κ2) is 8.10. The monoisotopic (exact) mass is 359 g/mol. The first kappa shape index (κ1) is 18.2. The summed E-state index contributed by atoms with van der Waals surface area (Å²) >= 11 is 5.80. The summed E-state index contributed by atoms with van der Waals surface area (Å²) in [6.45, 7) is 6.32. The molecule has 0 aliphatic carbocycles. The molecule has 0 aromatic heterocycles. The van der Waals surface area contributed by atoms with E-state index < -0.39 is 10.0 Å². The zero-order chi connectivity index (χ0) is 16.9. The lowest BCUT2D eigenvalue weighted by Crippen LogP contribution is -2.49. The minimum Gasteiger partial charge on any atom is -0.340 e. The summed E-state index contributed by atoms with van der Waals surface area (Å²) in [4.78, 5) is 16.3. The molecule has 1 aliphatic heterocycles. The van der Waals surface area contributed by atoms with Crippen LogP contribution in [0.15, 0.2) is 29.2 Å². The molecule has 1 N–H and O–H groups in total. The van der Waals surface area contributed by atoms with Crippen molar-refractivity contribution in [3.63, 3.8) is 0 Å². The summed E-state index contributed by atoms with van der Waals surface area (Å²) in [5, 5.41) is 0.359. The second-order valence-corrected chi connectivity index (χ2v) is 7.62. The van der Waals surface area contributed by atoms with Crippen LogP contribution >= 0.6 is 11.6 Å². The number of hydrogen-bond acceptors (Lipinski definition) is 4. The maximum absolute atomic E-state index is 12.1. The van der Waals surface area contributed by atoms with E-state index in [2.05, 4.69) is 16.5 Å². The molecule has 1 aliphatic rings. The highest BCUT2D eigenvalue weighted by Gasteiger charge is 2.20. The number of carbonyl (C=O) groups excluding carboxylic acids is 1. The van der Waals surface area contributed by atoms with Crippen LogP contribution in [0.5, 0.6) is 0 Å². The van der Waals surface area contributed by atoms with Crippen LogP contribution < -0.4 is 4.72 Å². The average molecular weight is 360 g/mol. The van der Waals surface area contributed by atoms with E-state index in [1.807, 2.05) is 0 Å². The Hall–Kier alpha value is -1.15. The fraction of sp³-hybridized carbons (Fsp3) is 0.533. The molecular formula is C15H22ClN3O3S. The van der Waals surface area contributed by atoms with Crippen molar-refractivity contribution >= 4 is 27.5 Å². The Morgan fingerprint density at radius 2 is 1.96 bits per heavy atom. The Labute approximate surface area is 142 Å². The lowest BCUT2D eigenvalue weighted by Gasteiger charge is -2.34. The molecule has 6 nitrogen and oxygen atoms in total. The van der Waals surface area contributed by atoms with Crippen LogP contribution in [0.1, 0.15) is 13.3 Å². The van der Waals surface area contributed by atoms with Gasteiger partial charge in [-0.15, -0.1) is 0 Å². The Bertz CT molecular complexity index is 643. The van der Waals surface area contributed by atoms with E-state index in [9.17, 15) is 13.2 Å². The molecule has 0 saturated carbocycles. The van der Waals surface area contributed by atoms with E-state index >= 15 is 0 Å². The van der Waals surface area contributed by atoms with E-state index in [-0.39, 0.29) is 23.8 Å². The van der Waals surface area contributed by atoms with Crippen LogP contribution in [0.2, 0.25) is 5.02 Å². The number of sulfonamides is 1. The van der Waals surface area contributed by atoms with Crippen molar-refractivity contribution < 1.29 is 13.2 Å². The van der Waals surface area contributed by atoms with Crippen molar-refractivity contribution in [2.24, 2.45) is 0 Å². The van der Waals surface area contributed by atoms with Gasteiger partial charge >= 0.3 is 0 Å². The third-order valence-corrected chi connectivity index (χ3v) is 5.60. The van der Waals surface area contributed by atoms with Crippen LogP contribution in [0.3, 0.4) is 0 Å². The van der Waals surface area contributed by atoms with Gasteiger partial charge in [0.1, 0.15) is 0 Å². The predicted molar refractivity (Wildman–Crippen MR) is 90.0 cm³/mol. The fourth-order valence-corrected chi connectivity index (χ4v) is 3.81. The summed E-state index contributed by atoms with van der Waals surface area (Å²) < 4.78 is 26.7. The van der Waals surface area contributed by atoms with Gasteiger partial charge in [-0.3, -0.25) is 4.79 Å². The van der Waals surface area contributed by atoms with E-state index in [0.29, 0.717) is 18.1 Å². The van der Waals surface area contributed by atoms with Gasteiger partial charge in [0.15, 0.2) is 0 Å². The van der Waals surface area contributed by atoms with E-state index in [1.165, 1.54) is 12.1 Å². The van der Waals surface area contributed by atoms with Crippen molar-refractivity contribution in [2.45, 2.75) is 18.2 Å². The molecule has 1 aromatic carbocycles. The van der Waals surface area contributed by atoms with Gasteiger partial charge in [0.05, 0.1) is 4.90 Å². The summed E-state index contributed by atoms with van der Waals surface area (Å²) in [7, 11) is -3.64. The maximum atomic E-state index is 12.1. The number of benzene rings is 1. The third kappa shape index (κ3) is 5.17. The number of piperazine rings is 1. The molecule has 0 spiro atoms. The van der Waals surface area contributed by atoms with Gasteiger partial charge in [-0.05, 0) is 24.7 Å². The first-order valence-electron chi connectivity index (χ1n) is 7.68. The van der Waals surface area contributed by atoms with E-state index in [0.717, 1.165) is 19.6 Å². The molecule has 1 aromatic rings. The van der Waals surface area contributed by atoms with Gasteiger partial charge in [0.25, 0.3) is 0 Å². The lowest BCUT2D eigenvalue weighted by molar-refractivity contribution is -0.132. The number of likely N-dealkylation sites (N-methyl/N-ethyl adjacent to an activating group) is 1. The van der Waals surface area contributed by atoms with Crippen molar-refractivity contribution in [2.75, 3.05) is 39.3 Å². The quantitative estimate of drug-likeness (QED) is 0.827. The Balaban J connectivity index is 1.81. The number of rotatable bonds is 6. The molecule has 0 atom stereocenters. The highest BCUT2D eigenvalue weighted by Crippen LogP contribution is 2.15. The van der Waals surface area contributed by atoms with Crippen LogP contribution in [-0.2, 0) is 14.8 Å². The molecular weight excluding hydrogens is 338 g/mol. The highest BCUT2D eigenvalue weighted by atomic mass is 35.5. The molecule has 0 unspecified atom stereocenters. The Morgan fingerprint density at radius 3 is 2.57 bits per heavy atom. The molecule has 0 radical (unpaired) electrons. The molecule has 1 fully saturated rings. The van der Waals surface area contributed by atoms with E-state index in [1.54, 1.807) is 17.0 Å². The normalized spacial score (nSPS) is 16.5. The topological polar surface area (TPSA) is 69.7 Å². The molecule has 2 rings (SSSR count). The molecule has 1 saturated heterocycles. The number of hydrogen-bond donors (Lipinski definition) is 1. The number of nitrogens with one attached hydrogen (secondary N) is 1. The molecule has 1 heterocycles. The largest absolute Gasteiger partial charge is 0.340 e. The van der Waals surface area contributed by atoms with Crippen LogP contribution in [0.25, 0.3) is 0 Å². The van der Waals surface area contributed by atoms with Crippen molar-refractivity contribution in [1.82, 2.24) is 14.5 Å². The Morgan fingerprint density at radius 1 is 1.26 bits per heavy atom. The first-order chi connectivity index (χ1) is 10.9. The average Bonchev–Trinajstić information content (AvgIpc) is 2.54. The van der Waals surface area contributed by atoms with Gasteiger partial charge in [-0.25, -0.2) is 13.1 Å². The van der Waals surface area contributed by atoms with Crippen molar-refractivity contribution in [3.8, 4) is 0 Å². The lowest BCUT2D eigenvalue weighted by atomic mass is 10.3. The third-order valence-electron chi connectivity index (χ3n) is 3.91. The minimum absolute atomic E-state index is 0.0189. The highest BCUT2D eigenvalue weighted by molar-refractivity contribution is 7.89.